The van der Waals surface area contributed by atoms with Gasteiger partial charge in [-0.1, -0.05) is 27.7 Å². The van der Waals surface area contributed by atoms with E-state index in [9.17, 15) is 13.2 Å². The van der Waals surface area contributed by atoms with Gasteiger partial charge in [0.2, 0.25) is 5.91 Å². The largest absolute Gasteiger partial charge is 0.343 e. The number of hydrogen-bond acceptors (Lipinski definition) is 5. The number of nitriles is 1. The van der Waals surface area contributed by atoms with Crippen LogP contribution in [-0.4, -0.2) is 43.9 Å². The Kier molecular flexibility index (Phi) is 9.71. The maximum absolute atomic E-state index is 12.1. The molecular formula is C14H26N2O3S2. The molecule has 0 aliphatic heterocycles. The zero-order chi connectivity index (χ0) is 16.5. The zero-order valence-corrected chi connectivity index (χ0v) is 14.9. The van der Waals surface area contributed by atoms with Crippen LogP contribution in [0, 0.1) is 29.1 Å². The molecule has 0 aliphatic carbocycles. The van der Waals surface area contributed by atoms with Gasteiger partial charge < -0.3 is 5.32 Å². The number of amides is 1. The SMILES string of the molecule is CC(C)CSCC(CS(=O)(=O)CC(C)C)C(=O)NCC#N. The van der Waals surface area contributed by atoms with E-state index < -0.39 is 15.8 Å². The standard InChI is InChI=1S/C14H26N2O3S2/c1-11(2)7-20-8-13(14(17)16-6-5-15)10-21(18,19)9-12(3)4/h11-13H,6-10H2,1-4H3,(H,16,17). The van der Waals surface area contributed by atoms with E-state index in [4.69, 9.17) is 5.26 Å². The van der Waals surface area contributed by atoms with Gasteiger partial charge in [0.1, 0.15) is 6.54 Å². The van der Waals surface area contributed by atoms with Crippen molar-refractivity contribution < 1.29 is 13.2 Å². The number of nitrogens with one attached hydrogen (secondary N) is 1. The molecule has 0 radical (unpaired) electrons. The highest BCUT2D eigenvalue weighted by Gasteiger charge is 2.26. The van der Waals surface area contributed by atoms with Gasteiger partial charge in [-0.3, -0.25) is 4.79 Å². The van der Waals surface area contributed by atoms with E-state index in [-0.39, 0.29) is 29.9 Å². The zero-order valence-electron chi connectivity index (χ0n) is 13.3. The smallest absolute Gasteiger partial charge is 0.225 e. The third-order valence-corrected chi connectivity index (χ3v) is 6.15. The molecule has 1 amide bonds. The second-order valence-corrected chi connectivity index (χ2v) is 9.20. The molecule has 0 rings (SSSR count). The average Bonchev–Trinajstić information content (AvgIpc) is 2.32. The number of nitrogens with zero attached hydrogens (tertiary/aromatic N) is 1. The van der Waals surface area contributed by atoms with E-state index >= 15 is 0 Å². The molecule has 0 aromatic rings. The quantitative estimate of drug-likeness (QED) is 0.615. The molecule has 0 heterocycles. The first-order valence-electron chi connectivity index (χ1n) is 7.10. The van der Waals surface area contributed by atoms with Gasteiger partial charge in [-0.05, 0) is 17.6 Å². The normalized spacial score (nSPS) is 13.2. The average molecular weight is 335 g/mol. The summed E-state index contributed by atoms with van der Waals surface area (Å²) in [5.41, 5.74) is 0. The monoisotopic (exact) mass is 334 g/mol. The highest BCUT2D eigenvalue weighted by molar-refractivity contribution is 7.99. The fourth-order valence-corrected chi connectivity index (χ4v) is 5.14. The van der Waals surface area contributed by atoms with Crippen LogP contribution < -0.4 is 5.32 Å². The Hall–Kier alpha value is -0.740. The van der Waals surface area contributed by atoms with Crippen LogP contribution in [0.5, 0.6) is 0 Å². The predicted octanol–water partition coefficient (Wildman–Crippen LogP) is 1.70. The fraction of sp³-hybridized carbons (Fsp3) is 0.857. The summed E-state index contributed by atoms with van der Waals surface area (Å²) in [6, 6.07) is 1.83. The van der Waals surface area contributed by atoms with Gasteiger partial charge in [0, 0.05) is 5.75 Å². The van der Waals surface area contributed by atoms with Crippen LogP contribution >= 0.6 is 11.8 Å². The summed E-state index contributed by atoms with van der Waals surface area (Å²) in [6.45, 7) is 7.75. The lowest BCUT2D eigenvalue weighted by Gasteiger charge is -2.17. The summed E-state index contributed by atoms with van der Waals surface area (Å²) in [6.07, 6.45) is 0. The molecule has 1 atom stereocenters. The van der Waals surface area contributed by atoms with Gasteiger partial charge in [-0.2, -0.15) is 17.0 Å². The van der Waals surface area contributed by atoms with Crippen LogP contribution in [0.2, 0.25) is 0 Å². The van der Waals surface area contributed by atoms with E-state index in [1.807, 2.05) is 19.9 Å². The molecule has 0 aliphatic rings. The van der Waals surface area contributed by atoms with Gasteiger partial charge in [-0.15, -0.1) is 0 Å². The molecule has 7 heteroatoms. The first-order chi connectivity index (χ1) is 9.68. The molecule has 21 heavy (non-hydrogen) atoms. The summed E-state index contributed by atoms with van der Waals surface area (Å²) in [5.74, 6) is 0.883. The van der Waals surface area contributed by atoms with E-state index in [0.717, 1.165) is 5.75 Å². The molecule has 0 saturated carbocycles. The van der Waals surface area contributed by atoms with Crippen LogP contribution in [0.1, 0.15) is 27.7 Å². The van der Waals surface area contributed by atoms with Crippen LogP contribution in [0.25, 0.3) is 0 Å². The van der Waals surface area contributed by atoms with Crippen molar-refractivity contribution in [3.8, 4) is 6.07 Å². The lowest BCUT2D eigenvalue weighted by molar-refractivity contribution is -0.123. The molecular weight excluding hydrogens is 308 g/mol. The van der Waals surface area contributed by atoms with Crippen molar-refractivity contribution >= 4 is 27.5 Å². The molecule has 0 aromatic heterocycles. The third kappa shape index (κ3) is 10.6. The molecule has 0 saturated heterocycles. The number of thioether (sulfide) groups is 1. The number of carbonyl (C=O) groups excluding carboxylic acids is 1. The van der Waals surface area contributed by atoms with Crippen molar-refractivity contribution in [2.45, 2.75) is 27.7 Å². The number of rotatable bonds is 10. The van der Waals surface area contributed by atoms with Crippen LogP contribution in [0.3, 0.4) is 0 Å². The van der Waals surface area contributed by atoms with Crippen molar-refractivity contribution in [3.05, 3.63) is 0 Å². The van der Waals surface area contributed by atoms with Crippen LogP contribution in [0.15, 0.2) is 0 Å². The molecule has 0 spiro atoms. The number of carbonyl (C=O) groups is 1. The van der Waals surface area contributed by atoms with Gasteiger partial charge in [0.25, 0.3) is 0 Å². The summed E-state index contributed by atoms with van der Waals surface area (Å²) in [7, 11) is -3.26. The van der Waals surface area contributed by atoms with Crippen LogP contribution in [-0.2, 0) is 14.6 Å². The molecule has 0 bridgehead atoms. The van der Waals surface area contributed by atoms with Crippen LogP contribution in [0.4, 0.5) is 0 Å². The summed E-state index contributed by atoms with van der Waals surface area (Å²) >= 11 is 1.58. The molecule has 1 N–H and O–H groups in total. The minimum absolute atomic E-state index is 0.0427. The summed E-state index contributed by atoms with van der Waals surface area (Å²) in [4.78, 5) is 12.0. The summed E-state index contributed by atoms with van der Waals surface area (Å²) in [5, 5.41) is 11.0. The Morgan fingerprint density at radius 1 is 1.14 bits per heavy atom. The first-order valence-corrected chi connectivity index (χ1v) is 10.1. The molecule has 0 fully saturated rings. The predicted molar refractivity (Wildman–Crippen MR) is 87.8 cm³/mol. The molecule has 1 unspecified atom stereocenters. The lowest BCUT2D eigenvalue weighted by Crippen LogP contribution is -2.37. The highest BCUT2D eigenvalue weighted by atomic mass is 32.2. The Balaban J connectivity index is 4.71. The lowest BCUT2D eigenvalue weighted by atomic mass is 10.2. The maximum Gasteiger partial charge on any atom is 0.225 e. The van der Waals surface area contributed by atoms with E-state index in [2.05, 4.69) is 19.2 Å². The Morgan fingerprint density at radius 3 is 2.24 bits per heavy atom. The Bertz CT molecular complexity index is 453. The van der Waals surface area contributed by atoms with Gasteiger partial charge in [0.05, 0.1) is 23.5 Å². The van der Waals surface area contributed by atoms with E-state index in [1.165, 1.54) is 0 Å². The fourth-order valence-electron chi connectivity index (χ4n) is 1.80. The van der Waals surface area contributed by atoms with Crippen molar-refractivity contribution in [2.24, 2.45) is 17.8 Å². The molecule has 122 valence electrons. The maximum atomic E-state index is 12.1. The summed E-state index contributed by atoms with van der Waals surface area (Å²) < 4.78 is 24.1. The highest BCUT2D eigenvalue weighted by Crippen LogP contribution is 2.16. The third-order valence-electron chi connectivity index (χ3n) is 2.53. The van der Waals surface area contributed by atoms with Gasteiger partial charge in [-0.25, -0.2) is 8.42 Å². The first kappa shape index (κ1) is 20.3. The second kappa shape index (κ2) is 10.1. The van der Waals surface area contributed by atoms with Gasteiger partial charge >= 0.3 is 0 Å². The minimum Gasteiger partial charge on any atom is -0.343 e. The van der Waals surface area contributed by atoms with Crippen molar-refractivity contribution in [3.63, 3.8) is 0 Å². The van der Waals surface area contributed by atoms with E-state index in [0.29, 0.717) is 11.7 Å². The second-order valence-electron chi connectivity index (χ2n) is 5.97. The van der Waals surface area contributed by atoms with Crippen molar-refractivity contribution in [2.75, 3.05) is 29.6 Å². The van der Waals surface area contributed by atoms with Crippen molar-refractivity contribution in [1.82, 2.24) is 5.32 Å². The molecule has 0 aromatic carbocycles. The minimum atomic E-state index is -3.26. The molecule has 5 nitrogen and oxygen atoms in total. The van der Waals surface area contributed by atoms with E-state index in [1.54, 1.807) is 11.8 Å². The van der Waals surface area contributed by atoms with Crippen molar-refractivity contribution in [1.29, 1.82) is 5.26 Å². The Morgan fingerprint density at radius 2 is 1.76 bits per heavy atom. The number of hydrogen-bond donors (Lipinski definition) is 1. The Labute approximate surface area is 132 Å². The number of sulfone groups is 1. The topological polar surface area (TPSA) is 87.0 Å². The van der Waals surface area contributed by atoms with Gasteiger partial charge in [0.15, 0.2) is 9.84 Å².